The van der Waals surface area contributed by atoms with Crippen molar-refractivity contribution >= 4 is 21.5 Å². The van der Waals surface area contributed by atoms with E-state index in [1.54, 1.807) is 11.1 Å². The zero-order valence-corrected chi connectivity index (χ0v) is 22.6. The van der Waals surface area contributed by atoms with Crippen molar-refractivity contribution in [3.63, 3.8) is 0 Å². The first-order valence-electron chi connectivity index (χ1n) is 14.1. The highest BCUT2D eigenvalue weighted by molar-refractivity contribution is 6.12. The summed E-state index contributed by atoms with van der Waals surface area (Å²) in [4.78, 5) is 16.4. The van der Waals surface area contributed by atoms with Gasteiger partial charge >= 0.3 is 0 Å². The molecule has 3 aromatic carbocycles. The molecule has 0 saturated carbocycles. The van der Waals surface area contributed by atoms with Gasteiger partial charge in [-0.1, -0.05) is 71.2 Å². The van der Waals surface area contributed by atoms with Crippen LogP contribution in [0.3, 0.4) is 0 Å². The maximum atomic E-state index is 4.64. The summed E-state index contributed by atoms with van der Waals surface area (Å²) < 4.78 is 0. The number of aromatic amines is 2. The molecule has 4 nitrogen and oxygen atoms in total. The fraction of sp³-hybridized carbons (Fsp3) is 0.394. The standard InChI is InChI=1S/C33H38N4/c1-20(2)32-34-18-30(36-32)22-12-14-26-27-15-13-23(31-19-35-33(37-31)21(3)4)17-29(27)25-11-9-7-5-6-8-10-24(25)28(26)16-22/h12-21H,5-11H2,1-4H3,(H,34,36)(H,35,37). The van der Waals surface area contributed by atoms with Crippen molar-refractivity contribution in [1.29, 1.82) is 0 Å². The summed E-state index contributed by atoms with van der Waals surface area (Å²) in [5, 5.41) is 5.55. The van der Waals surface area contributed by atoms with Crippen LogP contribution in [0.2, 0.25) is 0 Å². The Morgan fingerprint density at radius 3 is 1.41 bits per heavy atom. The second kappa shape index (κ2) is 9.81. The molecule has 0 spiro atoms. The minimum absolute atomic E-state index is 0.391. The number of hydrogen-bond donors (Lipinski definition) is 2. The highest BCUT2D eigenvalue weighted by atomic mass is 14.9. The molecule has 0 atom stereocenters. The smallest absolute Gasteiger partial charge is 0.109 e. The van der Waals surface area contributed by atoms with Gasteiger partial charge in [0.05, 0.1) is 23.8 Å². The van der Waals surface area contributed by atoms with Crippen LogP contribution in [0.15, 0.2) is 48.8 Å². The Kier molecular flexibility index (Phi) is 6.36. The Morgan fingerprint density at radius 1 is 0.568 bits per heavy atom. The van der Waals surface area contributed by atoms with Gasteiger partial charge in [-0.05, 0) is 70.5 Å². The van der Waals surface area contributed by atoms with Gasteiger partial charge in [-0.25, -0.2) is 9.97 Å². The van der Waals surface area contributed by atoms with Gasteiger partial charge in [-0.2, -0.15) is 0 Å². The maximum absolute atomic E-state index is 4.64. The SMILES string of the molecule is CC(C)c1ncc(-c2ccc3c(c2)c2c(c4cc(-c5cnc(C(C)C)[nH]5)ccc43)CCCCCCC2)[nH]1. The lowest BCUT2D eigenvalue weighted by Gasteiger charge is -2.18. The van der Waals surface area contributed by atoms with Gasteiger partial charge in [0.2, 0.25) is 0 Å². The van der Waals surface area contributed by atoms with Gasteiger partial charge in [-0.15, -0.1) is 0 Å². The van der Waals surface area contributed by atoms with Crippen molar-refractivity contribution in [3.05, 3.63) is 71.6 Å². The molecule has 0 radical (unpaired) electrons. The molecule has 0 fully saturated rings. The van der Waals surface area contributed by atoms with E-state index in [-0.39, 0.29) is 0 Å². The van der Waals surface area contributed by atoms with Crippen molar-refractivity contribution in [3.8, 4) is 22.5 Å². The van der Waals surface area contributed by atoms with Crippen LogP contribution < -0.4 is 0 Å². The Balaban J connectivity index is 1.56. The van der Waals surface area contributed by atoms with E-state index in [4.69, 9.17) is 0 Å². The Bertz CT molecular complexity index is 1450. The van der Waals surface area contributed by atoms with Crippen molar-refractivity contribution in [2.45, 2.75) is 84.5 Å². The molecular weight excluding hydrogens is 452 g/mol. The predicted octanol–water partition coefficient (Wildman–Crippen LogP) is 9.07. The molecule has 0 amide bonds. The zero-order valence-electron chi connectivity index (χ0n) is 22.6. The van der Waals surface area contributed by atoms with Crippen LogP contribution in [0.1, 0.15) is 94.4 Å². The molecule has 1 aliphatic rings. The summed E-state index contributed by atoms with van der Waals surface area (Å²) in [6.07, 6.45) is 12.8. The topological polar surface area (TPSA) is 57.4 Å². The average molecular weight is 491 g/mol. The molecule has 2 heterocycles. The third kappa shape index (κ3) is 4.47. The number of rotatable bonds is 4. The van der Waals surface area contributed by atoms with Gasteiger partial charge in [0.1, 0.15) is 11.6 Å². The van der Waals surface area contributed by atoms with Crippen LogP contribution in [0, 0.1) is 0 Å². The summed E-state index contributed by atoms with van der Waals surface area (Å²) >= 11 is 0. The lowest BCUT2D eigenvalue weighted by Crippen LogP contribution is -1.99. The van der Waals surface area contributed by atoms with E-state index in [9.17, 15) is 0 Å². The van der Waals surface area contributed by atoms with Crippen LogP contribution >= 0.6 is 0 Å². The molecule has 0 saturated heterocycles. The minimum atomic E-state index is 0.391. The first-order chi connectivity index (χ1) is 18.0. The first kappa shape index (κ1) is 24.0. The summed E-state index contributed by atoms with van der Waals surface area (Å²) in [5.41, 5.74) is 7.78. The van der Waals surface area contributed by atoms with Gasteiger partial charge < -0.3 is 9.97 Å². The number of fused-ring (bicyclic) bond motifs is 6. The van der Waals surface area contributed by atoms with E-state index in [0.717, 1.165) is 35.9 Å². The van der Waals surface area contributed by atoms with E-state index < -0.39 is 0 Å². The van der Waals surface area contributed by atoms with E-state index in [1.165, 1.54) is 64.8 Å². The maximum Gasteiger partial charge on any atom is 0.109 e. The Morgan fingerprint density at radius 2 is 1.00 bits per heavy atom. The average Bonchev–Trinajstić information content (AvgIpc) is 3.60. The number of H-pyrrole nitrogens is 2. The molecule has 4 heteroatoms. The number of imidazole rings is 2. The lowest BCUT2D eigenvalue weighted by molar-refractivity contribution is 0.630. The molecule has 5 aromatic rings. The van der Waals surface area contributed by atoms with Crippen LogP contribution in [0.4, 0.5) is 0 Å². The second-order valence-electron chi connectivity index (χ2n) is 11.4. The number of nitrogens with zero attached hydrogens (tertiary/aromatic N) is 2. The number of hydrogen-bond acceptors (Lipinski definition) is 2. The molecule has 0 aliphatic heterocycles. The molecule has 37 heavy (non-hydrogen) atoms. The van der Waals surface area contributed by atoms with E-state index in [2.05, 4.69) is 84.0 Å². The lowest BCUT2D eigenvalue weighted by atomic mass is 9.86. The molecule has 1 aliphatic carbocycles. The third-order valence-corrected chi connectivity index (χ3v) is 8.10. The van der Waals surface area contributed by atoms with Gasteiger partial charge in [0.15, 0.2) is 0 Å². The molecule has 0 unspecified atom stereocenters. The van der Waals surface area contributed by atoms with Crippen LogP contribution in [-0.2, 0) is 12.8 Å². The van der Waals surface area contributed by atoms with Crippen molar-refractivity contribution < 1.29 is 0 Å². The highest BCUT2D eigenvalue weighted by Crippen LogP contribution is 2.39. The number of nitrogens with one attached hydrogen (secondary N) is 2. The summed E-state index contributed by atoms with van der Waals surface area (Å²) in [7, 11) is 0. The molecule has 190 valence electrons. The molecule has 2 aromatic heterocycles. The molecule has 0 bridgehead atoms. The van der Waals surface area contributed by atoms with Crippen molar-refractivity contribution in [1.82, 2.24) is 19.9 Å². The monoisotopic (exact) mass is 490 g/mol. The van der Waals surface area contributed by atoms with Gasteiger partial charge in [0.25, 0.3) is 0 Å². The van der Waals surface area contributed by atoms with Crippen molar-refractivity contribution in [2.24, 2.45) is 0 Å². The fourth-order valence-corrected chi connectivity index (χ4v) is 5.98. The largest absolute Gasteiger partial charge is 0.342 e. The van der Waals surface area contributed by atoms with Gasteiger partial charge in [0, 0.05) is 23.0 Å². The fourth-order valence-electron chi connectivity index (χ4n) is 5.98. The van der Waals surface area contributed by atoms with Crippen molar-refractivity contribution in [2.75, 3.05) is 0 Å². The quantitative estimate of drug-likeness (QED) is 0.247. The zero-order chi connectivity index (χ0) is 25.5. The highest BCUT2D eigenvalue weighted by Gasteiger charge is 2.18. The Labute approximate surface area is 220 Å². The second-order valence-corrected chi connectivity index (χ2v) is 11.4. The predicted molar refractivity (Wildman–Crippen MR) is 155 cm³/mol. The third-order valence-electron chi connectivity index (χ3n) is 8.10. The molecule has 2 N–H and O–H groups in total. The number of aromatic nitrogens is 4. The summed E-state index contributed by atoms with van der Waals surface area (Å²) in [5.74, 6) is 2.88. The van der Waals surface area contributed by atoms with Gasteiger partial charge in [-0.3, -0.25) is 0 Å². The van der Waals surface area contributed by atoms with E-state index >= 15 is 0 Å². The minimum Gasteiger partial charge on any atom is -0.342 e. The van der Waals surface area contributed by atoms with E-state index in [0.29, 0.717) is 11.8 Å². The number of aryl methyl sites for hydroxylation is 2. The first-order valence-corrected chi connectivity index (χ1v) is 14.1. The van der Waals surface area contributed by atoms with E-state index in [1.807, 2.05) is 12.4 Å². The van der Waals surface area contributed by atoms with Crippen LogP contribution in [0.5, 0.6) is 0 Å². The van der Waals surface area contributed by atoms with Crippen LogP contribution in [0.25, 0.3) is 44.1 Å². The normalized spacial score (nSPS) is 14.8. The molecule has 6 rings (SSSR count). The number of benzene rings is 3. The summed E-state index contributed by atoms with van der Waals surface area (Å²) in [6.45, 7) is 8.73. The molecular formula is C33H38N4. The van der Waals surface area contributed by atoms with Crippen LogP contribution in [-0.4, -0.2) is 19.9 Å². The summed E-state index contributed by atoms with van der Waals surface area (Å²) in [6, 6.07) is 14.0. The Hall–Kier alpha value is -3.40.